The zero-order chi connectivity index (χ0) is 8.53. The van der Waals surface area contributed by atoms with Crippen LogP contribution in [-0.4, -0.2) is 37.8 Å². The van der Waals surface area contributed by atoms with Gasteiger partial charge in [-0.25, -0.2) is 0 Å². The van der Waals surface area contributed by atoms with Gasteiger partial charge in [0.05, 0.1) is 19.8 Å². The normalized spacial score (nSPS) is 10.0. The molecule has 0 aliphatic rings. The van der Waals surface area contributed by atoms with Gasteiger partial charge in [0.25, 0.3) is 0 Å². The Labute approximate surface area is 71.4 Å². The standard InChI is InChI=1S/C7H14O3S/c1-7(8)11-6-5-10-4-3-9-2/h3-6H2,1-2H3. The Morgan fingerprint density at radius 1 is 1.36 bits per heavy atom. The molecule has 0 aliphatic heterocycles. The molecular formula is C7H14O3S. The monoisotopic (exact) mass is 178 g/mol. The van der Waals surface area contributed by atoms with Crippen LogP contribution in [0.5, 0.6) is 0 Å². The summed E-state index contributed by atoms with van der Waals surface area (Å²) in [6.45, 7) is 3.40. The summed E-state index contributed by atoms with van der Waals surface area (Å²) in [6.07, 6.45) is 0. The number of carbonyl (C=O) groups is 1. The minimum Gasteiger partial charge on any atom is -0.382 e. The fourth-order valence-corrected chi connectivity index (χ4v) is 0.977. The molecular weight excluding hydrogens is 164 g/mol. The Hall–Kier alpha value is -0.0600. The molecule has 11 heavy (non-hydrogen) atoms. The van der Waals surface area contributed by atoms with Crippen molar-refractivity contribution >= 4 is 16.9 Å². The van der Waals surface area contributed by atoms with Crippen LogP contribution in [0.2, 0.25) is 0 Å². The lowest BCUT2D eigenvalue weighted by Crippen LogP contribution is -2.05. The van der Waals surface area contributed by atoms with Crippen LogP contribution < -0.4 is 0 Å². The summed E-state index contributed by atoms with van der Waals surface area (Å²) in [5, 5.41) is 0.139. The first-order valence-corrected chi connectivity index (χ1v) is 4.46. The van der Waals surface area contributed by atoms with E-state index in [2.05, 4.69) is 0 Å². The SMILES string of the molecule is COCCOCCSC(C)=O. The lowest BCUT2D eigenvalue weighted by Gasteiger charge is -2.00. The second-order valence-corrected chi connectivity index (χ2v) is 3.22. The first kappa shape index (κ1) is 10.9. The van der Waals surface area contributed by atoms with Gasteiger partial charge in [0, 0.05) is 19.8 Å². The van der Waals surface area contributed by atoms with Crippen LogP contribution in [0.25, 0.3) is 0 Å². The van der Waals surface area contributed by atoms with Gasteiger partial charge in [-0.3, -0.25) is 4.79 Å². The van der Waals surface area contributed by atoms with Crippen molar-refractivity contribution in [3.05, 3.63) is 0 Å². The van der Waals surface area contributed by atoms with E-state index in [0.717, 1.165) is 5.75 Å². The van der Waals surface area contributed by atoms with Gasteiger partial charge in [-0.2, -0.15) is 0 Å². The van der Waals surface area contributed by atoms with Gasteiger partial charge in [0.1, 0.15) is 0 Å². The zero-order valence-electron chi connectivity index (χ0n) is 6.96. The third kappa shape index (κ3) is 9.94. The number of carbonyl (C=O) groups excluding carboxylic acids is 1. The van der Waals surface area contributed by atoms with E-state index >= 15 is 0 Å². The topological polar surface area (TPSA) is 35.5 Å². The fraction of sp³-hybridized carbons (Fsp3) is 0.857. The van der Waals surface area contributed by atoms with Gasteiger partial charge in [0.2, 0.25) is 0 Å². The second-order valence-electron chi connectivity index (χ2n) is 1.95. The van der Waals surface area contributed by atoms with Gasteiger partial charge in [0.15, 0.2) is 5.12 Å². The predicted molar refractivity (Wildman–Crippen MR) is 45.8 cm³/mol. The highest BCUT2D eigenvalue weighted by molar-refractivity contribution is 8.13. The van der Waals surface area contributed by atoms with E-state index in [1.54, 1.807) is 14.0 Å². The molecule has 0 bridgehead atoms. The molecule has 0 aromatic rings. The zero-order valence-corrected chi connectivity index (χ0v) is 7.78. The van der Waals surface area contributed by atoms with E-state index in [9.17, 15) is 4.79 Å². The van der Waals surface area contributed by atoms with Crippen LogP contribution in [0.15, 0.2) is 0 Å². The van der Waals surface area contributed by atoms with Crippen molar-refractivity contribution in [1.29, 1.82) is 0 Å². The number of methoxy groups -OCH3 is 1. The van der Waals surface area contributed by atoms with E-state index in [1.165, 1.54) is 11.8 Å². The fourth-order valence-electron chi connectivity index (χ4n) is 0.489. The molecule has 0 aromatic heterocycles. The average molecular weight is 178 g/mol. The molecule has 0 fully saturated rings. The van der Waals surface area contributed by atoms with E-state index < -0.39 is 0 Å². The number of hydrogen-bond acceptors (Lipinski definition) is 4. The van der Waals surface area contributed by atoms with Crippen molar-refractivity contribution < 1.29 is 14.3 Å². The van der Waals surface area contributed by atoms with E-state index in [0.29, 0.717) is 19.8 Å². The molecule has 0 saturated heterocycles. The highest BCUT2D eigenvalue weighted by atomic mass is 32.2. The molecule has 0 aromatic carbocycles. The van der Waals surface area contributed by atoms with E-state index in [1.807, 2.05) is 0 Å². The van der Waals surface area contributed by atoms with Crippen LogP contribution in [0.3, 0.4) is 0 Å². The molecule has 0 spiro atoms. The summed E-state index contributed by atoms with van der Waals surface area (Å²) in [7, 11) is 1.63. The van der Waals surface area contributed by atoms with Crippen molar-refractivity contribution in [2.24, 2.45) is 0 Å². The van der Waals surface area contributed by atoms with Crippen molar-refractivity contribution in [2.45, 2.75) is 6.92 Å². The van der Waals surface area contributed by atoms with Crippen molar-refractivity contribution in [3.63, 3.8) is 0 Å². The molecule has 0 amide bonds. The summed E-state index contributed by atoms with van der Waals surface area (Å²) in [5.41, 5.74) is 0. The van der Waals surface area contributed by atoms with Gasteiger partial charge >= 0.3 is 0 Å². The Balaban J connectivity index is 2.85. The number of ether oxygens (including phenoxy) is 2. The Bertz CT molecular complexity index is 106. The van der Waals surface area contributed by atoms with Gasteiger partial charge in [-0.05, 0) is 0 Å². The van der Waals surface area contributed by atoms with Crippen LogP contribution in [0, 0.1) is 0 Å². The molecule has 0 N–H and O–H groups in total. The first-order chi connectivity index (χ1) is 5.27. The summed E-state index contributed by atoms with van der Waals surface area (Å²) in [5.74, 6) is 0.735. The average Bonchev–Trinajstić information content (AvgIpc) is 1.96. The first-order valence-electron chi connectivity index (χ1n) is 3.47. The number of thioether (sulfide) groups is 1. The van der Waals surface area contributed by atoms with Gasteiger partial charge in [-0.1, -0.05) is 11.8 Å². The summed E-state index contributed by atoms with van der Waals surface area (Å²) in [4.78, 5) is 10.4. The van der Waals surface area contributed by atoms with Gasteiger partial charge in [-0.15, -0.1) is 0 Å². The van der Waals surface area contributed by atoms with Crippen molar-refractivity contribution in [3.8, 4) is 0 Å². The Morgan fingerprint density at radius 3 is 2.64 bits per heavy atom. The largest absolute Gasteiger partial charge is 0.382 e. The Morgan fingerprint density at radius 2 is 2.09 bits per heavy atom. The quantitative estimate of drug-likeness (QED) is 0.567. The minimum atomic E-state index is 0.139. The summed E-state index contributed by atoms with van der Waals surface area (Å²) < 4.78 is 9.90. The molecule has 0 rings (SSSR count). The second kappa shape index (κ2) is 8.04. The molecule has 4 heteroatoms. The van der Waals surface area contributed by atoms with Gasteiger partial charge < -0.3 is 9.47 Å². The number of rotatable bonds is 6. The Kier molecular flexibility index (Phi) is 8.00. The lowest BCUT2D eigenvalue weighted by molar-refractivity contribution is -0.109. The maximum absolute atomic E-state index is 10.4. The maximum Gasteiger partial charge on any atom is 0.185 e. The highest BCUT2D eigenvalue weighted by Gasteiger charge is 1.93. The maximum atomic E-state index is 10.4. The van der Waals surface area contributed by atoms with E-state index in [-0.39, 0.29) is 5.12 Å². The third-order valence-corrected chi connectivity index (χ3v) is 1.74. The third-order valence-electron chi connectivity index (χ3n) is 0.965. The highest BCUT2D eigenvalue weighted by Crippen LogP contribution is 1.99. The smallest absolute Gasteiger partial charge is 0.185 e. The molecule has 0 radical (unpaired) electrons. The van der Waals surface area contributed by atoms with Crippen molar-refractivity contribution in [2.75, 3.05) is 32.7 Å². The molecule has 0 aliphatic carbocycles. The van der Waals surface area contributed by atoms with Crippen LogP contribution in [0.4, 0.5) is 0 Å². The molecule has 0 unspecified atom stereocenters. The number of hydrogen-bond donors (Lipinski definition) is 0. The van der Waals surface area contributed by atoms with E-state index in [4.69, 9.17) is 9.47 Å². The molecule has 66 valence electrons. The molecule has 3 nitrogen and oxygen atoms in total. The predicted octanol–water partition coefficient (Wildman–Crippen LogP) is 0.929. The molecule has 0 atom stereocenters. The molecule has 0 heterocycles. The van der Waals surface area contributed by atoms with Crippen LogP contribution >= 0.6 is 11.8 Å². The van der Waals surface area contributed by atoms with Crippen LogP contribution in [0.1, 0.15) is 6.92 Å². The lowest BCUT2D eigenvalue weighted by atomic mass is 10.7. The molecule has 0 saturated carbocycles. The van der Waals surface area contributed by atoms with Crippen molar-refractivity contribution in [1.82, 2.24) is 0 Å². The summed E-state index contributed by atoms with van der Waals surface area (Å²) >= 11 is 1.28. The minimum absolute atomic E-state index is 0.139. The van der Waals surface area contributed by atoms with Crippen LogP contribution in [-0.2, 0) is 14.3 Å². The summed E-state index contributed by atoms with van der Waals surface area (Å²) in [6, 6.07) is 0.